The standard InChI is InChI=1S/C12H17ClN2.2ClH/c13-12-3-1-10(2-4-12)11-5-7-15(9-11)8-6-14;;/h1-4,11H,5-9,14H2;2*1H. The van der Waals surface area contributed by atoms with Crippen LogP contribution in [0.5, 0.6) is 0 Å². The van der Waals surface area contributed by atoms with Gasteiger partial charge in [-0.1, -0.05) is 23.7 Å². The quantitative estimate of drug-likeness (QED) is 0.929. The highest BCUT2D eigenvalue weighted by atomic mass is 35.5. The van der Waals surface area contributed by atoms with E-state index in [2.05, 4.69) is 17.0 Å². The first-order valence-corrected chi connectivity index (χ1v) is 5.85. The van der Waals surface area contributed by atoms with E-state index in [-0.39, 0.29) is 24.8 Å². The largest absolute Gasteiger partial charge is 0.329 e. The zero-order chi connectivity index (χ0) is 10.7. The summed E-state index contributed by atoms with van der Waals surface area (Å²) >= 11 is 5.87. The van der Waals surface area contributed by atoms with E-state index in [0.29, 0.717) is 5.92 Å². The Morgan fingerprint density at radius 1 is 1.24 bits per heavy atom. The van der Waals surface area contributed by atoms with E-state index in [1.165, 1.54) is 18.5 Å². The molecular formula is C12H19Cl3N2. The molecule has 1 fully saturated rings. The van der Waals surface area contributed by atoms with E-state index in [4.69, 9.17) is 17.3 Å². The highest BCUT2D eigenvalue weighted by Gasteiger charge is 2.22. The summed E-state index contributed by atoms with van der Waals surface area (Å²) < 4.78 is 0. The summed E-state index contributed by atoms with van der Waals surface area (Å²) in [6.07, 6.45) is 1.24. The Hall–Kier alpha value is 0.01000. The monoisotopic (exact) mass is 296 g/mol. The highest BCUT2D eigenvalue weighted by molar-refractivity contribution is 6.30. The molecule has 0 bridgehead atoms. The molecule has 0 saturated carbocycles. The van der Waals surface area contributed by atoms with Gasteiger partial charge in [0.1, 0.15) is 0 Å². The first-order valence-electron chi connectivity index (χ1n) is 5.47. The fourth-order valence-corrected chi connectivity index (χ4v) is 2.35. The number of likely N-dealkylation sites (tertiary alicyclic amines) is 1. The van der Waals surface area contributed by atoms with Crippen LogP contribution in [0.2, 0.25) is 5.02 Å². The molecule has 0 aromatic heterocycles. The lowest BCUT2D eigenvalue weighted by atomic mass is 9.99. The second-order valence-electron chi connectivity index (χ2n) is 4.13. The third-order valence-corrected chi connectivity index (χ3v) is 3.31. The van der Waals surface area contributed by atoms with Crippen molar-refractivity contribution in [1.29, 1.82) is 0 Å². The maximum atomic E-state index is 5.87. The Morgan fingerprint density at radius 2 is 1.88 bits per heavy atom. The molecule has 1 aliphatic rings. The van der Waals surface area contributed by atoms with Gasteiger partial charge >= 0.3 is 0 Å². The molecule has 1 aliphatic heterocycles. The van der Waals surface area contributed by atoms with Crippen LogP contribution in [0.25, 0.3) is 0 Å². The molecule has 0 spiro atoms. The molecule has 1 aromatic carbocycles. The van der Waals surface area contributed by atoms with Gasteiger partial charge in [-0.2, -0.15) is 0 Å². The van der Waals surface area contributed by atoms with Crippen molar-refractivity contribution >= 4 is 36.4 Å². The zero-order valence-electron chi connectivity index (χ0n) is 9.64. The number of hydrogen-bond acceptors (Lipinski definition) is 2. The Kier molecular flexibility index (Phi) is 8.18. The van der Waals surface area contributed by atoms with Gasteiger partial charge in [-0.25, -0.2) is 0 Å². The van der Waals surface area contributed by atoms with E-state index >= 15 is 0 Å². The van der Waals surface area contributed by atoms with Gasteiger partial charge in [-0.05, 0) is 36.6 Å². The average Bonchev–Trinajstić information content (AvgIpc) is 2.68. The lowest BCUT2D eigenvalue weighted by Crippen LogP contribution is -2.26. The third-order valence-electron chi connectivity index (χ3n) is 3.06. The minimum Gasteiger partial charge on any atom is -0.329 e. The fraction of sp³-hybridized carbons (Fsp3) is 0.500. The summed E-state index contributed by atoms with van der Waals surface area (Å²) in [4.78, 5) is 2.43. The zero-order valence-corrected chi connectivity index (χ0v) is 12.0. The molecule has 1 aromatic rings. The second-order valence-corrected chi connectivity index (χ2v) is 4.56. The number of nitrogens with zero attached hydrogens (tertiary/aromatic N) is 1. The minimum absolute atomic E-state index is 0. The maximum Gasteiger partial charge on any atom is 0.0406 e. The van der Waals surface area contributed by atoms with E-state index in [1.54, 1.807) is 0 Å². The van der Waals surface area contributed by atoms with Crippen molar-refractivity contribution in [2.45, 2.75) is 12.3 Å². The van der Waals surface area contributed by atoms with Crippen molar-refractivity contribution in [3.8, 4) is 0 Å². The SMILES string of the molecule is Cl.Cl.NCCN1CCC(c2ccc(Cl)cc2)C1. The van der Waals surface area contributed by atoms with Crippen LogP contribution in [0.1, 0.15) is 17.9 Å². The normalized spacial score (nSPS) is 19.5. The summed E-state index contributed by atoms with van der Waals surface area (Å²) in [7, 11) is 0. The van der Waals surface area contributed by atoms with Crippen molar-refractivity contribution < 1.29 is 0 Å². The Labute approximate surface area is 120 Å². The Bertz CT molecular complexity index is 316. The van der Waals surface area contributed by atoms with Crippen molar-refractivity contribution in [2.24, 2.45) is 5.73 Å². The molecule has 1 atom stereocenters. The molecule has 0 aliphatic carbocycles. The summed E-state index contributed by atoms with van der Waals surface area (Å²) in [5, 5.41) is 0.815. The highest BCUT2D eigenvalue weighted by Crippen LogP contribution is 2.27. The van der Waals surface area contributed by atoms with Gasteiger partial charge < -0.3 is 10.6 Å². The van der Waals surface area contributed by atoms with Crippen LogP contribution in [0.15, 0.2) is 24.3 Å². The molecule has 2 nitrogen and oxygen atoms in total. The van der Waals surface area contributed by atoms with Crippen LogP contribution < -0.4 is 5.73 Å². The maximum absolute atomic E-state index is 5.87. The van der Waals surface area contributed by atoms with Crippen molar-refractivity contribution in [3.05, 3.63) is 34.9 Å². The fourth-order valence-electron chi connectivity index (χ4n) is 2.23. The molecule has 0 amide bonds. The lowest BCUT2D eigenvalue weighted by Gasteiger charge is -2.14. The number of nitrogens with two attached hydrogens (primary N) is 1. The molecule has 2 N–H and O–H groups in total. The Balaban J connectivity index is 0.00000128. The van der Waals surface area contributed by atoms with E-state index < -0.39 is 0 Å². The average molecular weight is 298 g/mol. The number of benzene rings is 1. The molecule has 5 heteroatoms. The smallest absolute Gasteiger partial charge is 0.0406 e. The van der Waals surface area contributed by atoms with E-state index in [1.807, 2.05) is 12.1 Å². The lowest BCUT2D eigenvalue weighted by molar-refractivity contribution is 0.344. The summed E-state index contributed by atoms with van der Waals surface area (Å²) in [6, 6.07) is 8.23. The van der Waals surface area contributed by atoms with Crippen molar-refractivity contribution in [2.75, 3.05) is 26.2 Å². The molecule has 1 saturated heterocycles. The predicted octanol–water partition coefficient (Wildman–Crippen LogP) is 2.93. The molecule has 1 unspecified atom stereocenters. The summed E-state index contributed by atoms with van der Waals surface area (Å²) in [6.45, 7) is 4.08. The van der Waals surface area contributed by atoms with E-state index in [0.717, 1.165) is 24.7 Å². The molecule has 2 rings (SSSR count). The number of hydrogen-bond donors (Lipinski definition) is 1. The van der Waals surface area contributed by atoms with Gasteiger partial charge in [0, 0.05) is 24.7 Å². The molecule has 0 radical (unpaired) electrons. The molecule has 17 heavy (non-hydrogen) atoms. The van der Waals surface area contributed by atoms with Gasteiger partial charge in [-0.3, -0.25) is 0 Å². The van der Waals surface area contributed by atoms with Gasteiger partial charge in [0.15, 0.2) is 0 Å². The third kappa shape index (κ3) is 4.65. The van der Waals surface area contributed by atoms with Crippen LogP contribution >= 0.6 is 36.4 Å². The van der Waals surface area contributed by atoms with Crippen LogP contribution in [0, 0.1) is 0 Å². The van der Waals surface area contributed by atoms with E-state index in [9.17, 15) is 0 Å². The summed E-state index contributed by atoms with van der Waals surface area (Å²) in [5.74, 6) is 0.661. The van der Waals surface area contributed by atoms with Crippen LogP contribution in [0.4, 0.5) is 0 Å². The molecule has 98 valence electrons. The van der Waals surface area contributed by atoms with Crippen LogP contribution in [0.3, 0.4) is 0 Å². The van der Waals surface area contributed by atoms with Gasteiger partial charge in [0.05, 0.1) is 0 Å². The number of rotatable bonds is 3. The minimum atomic E-state index is 0. The second kappa shape index (κ2) is 8.17. The Morgan fingerprint density at radius 3 is 2.47 bits per heavy atom. The summed E-state index contributed by atoms with van der Waals surface area (Å²) in [5.41, 5.74) is 6.95. The molecular weight excluding hydrogens is 279 g/mol. The topological polar surface area (TPSA) is 29.3 Å². The van der Waals surface area contributed by atoms with Crippen molar-refractivity contribution in [3.63, 3.8) is 0 Å². The van der Waals surface area contributed by atoms with Crippen molar-refractivity contribution in [1.82, 2.24) is 4.90 Å². The van der Waals surface area contributed by atoms with Crippen LogP contribution in [-0.4, -0.2) is 31.1 Å². The first kappa shape index (κ1) is 17.0. The van der Waals surface area contributed by atoms with Gasteiger partial charge in [0.2, 0.25) is 0 Å². The molecule has 1 heterocycles. The van der Waals surface area contributed by atoms with Crippen LogP contribution in [-0.2, 0) is 0 Å². The first-order chi connectivity index (χ1) is 7.29. The van der Waals surface area contributed by atoms with Gasteiger partial charge in [0.25, 0.3) is 0 Å². The predicted molar refractivity (Wildman–Crippen MR) is 78.8 cm³/mol. The number of halogens is 3. The van der Waals surface area contributed by atoms with Gasteiger partial charge in [-0.15, -0.1) is 24.8 Å².